The van der Waals surface area contributed by atoms with Crippen LogP contribution in [0.5, 0.6) is 5.75 Å². The van der Waals surface area contributed by atoms with Crippen LogP contribution in [0.4, 0.5) is 23.5 Å². The highest BCUT2D eigenvalue weighted by Gasteiger charge is 2.37. The molecule has 3 aromatic heterocycles. The number of halogens is 4. The number of anilines is 1. The molecule has 0 unspecified atom stereocenters. The molecule has 9 nitrogen and oxygen atoms in total. The zero-order valence-corrected chi connectivity index (χ0v) is 21.0. The fraction of sp³-hybridized carbons (Fsp3) is 0.333. The molecular formula is C27H22F4N6O3. The lowest BCUT2D eigenvalue weighted by Gasteiger charge is -2.29. The molecule has 6 heterocycles. The number of amides is 1. The van der Waals surface area contributed by atoms with E-state index in [0.29, 0.717) is 70.5 Å². The van der Waals surface area contributed by atoms with E-state index >= 15 is 0 Å². The number of hydrogen-bond acceptors (Lipinski definition) is 7. The summed E-state index contributed by atoms with van der Waals surface area (Å²) in [5, 5.41) is 3.11. The van der Waals surface area contributed by atoms with Crippen LogP contribution in [0.1, 0.15) is 38.9 Å². The molecule has 0 spiro atoms. The Kier molecular flexibility index (Phi) is 5.66. The number of alkyl halides is 3. The Balaban J connectivity index is 1.33. The topological polar surface area (TPSA) is 93.9 Å². The van der Waals surface area contributed by atoms with Crippen LogP contribution in [0.3, 0.4) is 0 Å². The minimum absolute atomic E-state index is 0.0444. The average Bonchev–Trinajstić information content (AvgIpc) is 3.53. The van der Waals surface area contributed by atoms with Crippen molar-refractivity contribution >= 4 is 17.4 Å². The van der Waals surface area contributed by atoms with Gasteiger partial charge in [-0.05, 0) is 18.2 Å². The third kappa shape index (κ3) is 4.12. The van der Waals surface area contributed by atoms with Gasteiger partial charge in [0.2, 0.25) is 5.95 Å². The highest BCUT2D eigenvalue weighted by atomic mass is 19.4. The number of ether oxygens (including phenoxy) is 2. The molecule has 1 N–H and O–H groups in total. The van der Waals surface area contributed by atoms with Crippen molar-refractivity contribution in [2.24, 2.45) is 0 Å². The Morgan fingerprint density at radius 1 is 1.10 bits per heavy atom. The molecule has 0 radical (unpaired) electrons. The summed E-state index contributed by atoms with van der Waals surface area (Å²) in [4.78, 5) is 27.6. The predicted molar refractivity (Wildman–Crippen MR) is 133 cm³/mol. The fourth-order valence-electron chi connectivity index (χ4n) is 5.44. The first-order valence-corrected chi connectivity index (χ1v) is 12.7. The number of hydrogen-bond donors (Lipinski definition) is 1. The van der Waals surface area contributed by atoms with Gasteiger partial charge in [0.15, 0.2) is 5.69 Å². The first kappa shape index (κ1) is 24.8. The maximum Gasteiger partial charge on any atom is 0.406 e. The lowest BCUT2D eigenvalue weighted by atomic mass is 9.97. The monoisotopic (exact) mass is 554 g/mol. The molecule has 3 aliphatic heterocycles. The molecule has 0 bridgehead atoms. The standard InChI is InChI=1S/C27H22F4N6O3/c28-19-2-4-22-16(5-6-40-22)17(19)7-32-26-33-8-18-15-1-3-20(14-10-39-11-14)35-21(15)9-36(12-27(29,30)31)25(38)23-24(18)37(26)13-34-23/h1-4,8,13-14H,5-7,9-12H2,(H,32,33). The first-order valence-electron chi connectivity index (χ1n) is 12.7. The Bertz CT molecular complexity index is 1670. The Morgan fingerprint density at radius 2 is 1.95 bits per heavy atom. The third-order valence-electron chi connectivity index (χ3n) is 7.47. The van der Waals surface area contributed by atoms with E-state index in [4.69, 9.17) is 9.47 Å². The van der Waals surface area contributed by atoms with Gasteiger partial charge >= 0.3 is 6.18 Å². The molecule has 0 atom stereocenters. The molecule has 7 rings (SSSR count). The van der Waals surface area contributed by atoms with Crippen molar-refractivity contribution in [3.63, 3.8) is 0 Å². The van der Waals surface area contributed by atoms with Gasteiger partial charge in [-0.15, -0.1) is 0 Å². The Hall–Kier alpha value is -4.26. The van der Waals surface area contributed by atoms with Gasteiger partial charge in [0.05, 0.1) is 37.6 Å². The van der Waals surface area contributed by atoms with Crippen molar-refractivity contribution in [3.8, 4) is 16.9 Å². The zero-order chi connectivity index (χ0) is 27.6. The van der Waals surface area contributed by atoms with Crippen LogP contribution in [0, 0.1) is 5.82 Å². The summed E-state index contributed by atoms with van der Waals surface area (Å²) < 4.78 is 67.7. The van der Waals surface area contributed by atoms with Crippen molar-refractivity contribution in [1.29, 1.82) is 0 Å². The van der Waals surface area contributed by atoms with Crippen LogP contribution >= 0.6 is 0 Å². The predicted octanol–water partition coefficient (Wildman–Crippen LogP) is 4.11. The molecule has 1 amide bonds. The summed E-state index contributed by atoms with van der Waals surface area (Å²) in [5.74, 6) is -0.334. The van der Waals surface area contributed by atoms with Crippen molar-refractivity contribution < 1.29 is 31.8 Å². The number of carbonyl (C=O) groups excluding carboxylic acids is 1. The highest BCUT2D eigenvalue weighted by Crippen LogP contribution is 2.36. The summed E-state index contributed by atoms with van der Waals surface area (Å²) in [5.41, 5.74) is 3.46. The molecule has 1 fully saturated rings. The molecule has 1 saturated heterocycles. The van der Waals surface area contributed by atoms with E-state index in [1.54, 1.807) is 12.1 Å². The van der Waals surface area contributed by atoms with Crippen molar-refractivity contribution in [3.05, 3.63) is 70.8 Å². The molecule has 0 saturated carbocycles. The lowest BCUT2D eigenvalue weighted by Crippen LogP contribution is -2.39. The molecule has 0 aliphatic carbocycles. The smallest absolute Gasteiger partial charge is 0.406 e. The largest absolute Gasteiger partial charge is 0.493 e. The molecule has 206 valence electrons. The van der Waals surface area contributed by atoms with Crippen LogP contribution in [-0.2, 0) is 24.2 Å². The molecule has 1 aromatic carbocycles. The van der Waals surface area contributed by atoms with Crippen molar-refractivity contribution in [1.82, 2.24) is 24.3 Å². The SMILES string of the molecule is O=C1c2ncn3c(NCc4c(F)ccc5c4CCO5)ncc(c23)-c2ccc(C3COC3)nc2CN1CC(F)(F)F. The second-order valence-corrected chi connectivity index (χ2v) is 10.0. The summed E-state index contributed by atoms with van der Waals surface area (Å²) in [6.07, 6.45) is -1.17. The van der Waals surface area contributed by atoms with E-state index in [1.165, 1.54) is 23.0 Å². The molecule has 13 heteroatoms. The second kappa shape index (κ2) is 9.15. The number of rotatable bonds is 5. The summed E-state index contributed by atoms with van der Waals surface area (Å²) >= 11 is 0. The van der Waals surface area contributed by atoms with E-state index in [9.17, 15) is 22.4 Å². The van der Waals surface area contributed by atoms with Gasteiger partial charge in [0, 0.05) is 53.0 Å². The lowest BCUT2D eigenvalue weighted by molar-refractivity contribution is -0.141. The highest BCUT2D eigenvalue weighted by molar-refractivity contribution is 6.04. The van der Waals surface area contributed by atoms with Gasteiger partial charge in [0.1, 0.15) is 24.4 Å². The van der Waals surface area contributed by atoms with Crippen molar-refractivity contribution in [2.75, 3.05) is 31.7 Å². The summed E-state index contributed by atoms with van der Waals surface area (Å²) in [6, 6.07) is 6.56. The van der Waals surface area contributed by atoms with Crippen LogP contribution < -0.4 is 10.1 Å². The van der Waals surface area contributed by atoms with Gasteiger partial charge in [0.25, 0.3) is 5.91 Å². The number of pyridine rings is 1. The van der Waals surface area contributed by atoms with Gasteiger partial charge in [-0.25, -0.2) is 14.4 Å². The molecule has 40 heavy (non-hydrogen) atoms. The quantitative estimate of drug-likeness (QED) is 0.371. The summed E-state index contributed by atoms with van der Waals surface area (Å²) in [6.45, 7) is -0.289. The number of nitrogens with one attached hydrogen (secondary N) is 1. The third-order valence-corrected chi connectivity index (χ3v) is 7.47. The molecule has 4 aromatic rings. The maximum absolute atomic E-state index is 14.7. The van der Waals surface area contributed by atoms with Crippen molar-refractivity contribution in [2.45, 2.75) is 31.6 Å². The van der Waals surface area contributed by atoms with E-state index in [1.807, 2.05) is 6.07 Å². The van der Waals surface area contributed by atoms with Crippen LogP contribution in [0.25, 0.3) is 16.6 Å². The van der Waals surface area contributed by atoms with Crippen LogP contribution in [-0.4, -0.2) is 62.7 Å². The van der Waals surface area contributed by atoms with Gasteiger partial charge in [-0.2, -0.15) is 13.2 Å². The Labute approximate surface area is 224 Å². The number of benzene rings is 1. The number of aromatic nitrogens is 4. The minimum atomic E-state index is -4.62. The number of imidazole rings is 1. The maximum atomic E-state index is 14.7. The average molecular weight is 555 g/mol. The van der Waals surface area contributed by atoms with E-state index in [-0.39, 0.29) is 30.6 Å². The molecular weight excluding hydrogens is 532 g/mol. The van der Waals surface area contributed by atoms with Gasteiger partial charge < -0.3 is 19.7 Å². The van der Waals surface area contributed by atoms with Gasteiger partial charge in [-0.3, -0.25) is 14.2 Å². The fourth-order valence-corrected chi connectivity index (χ4v) is 5.44. The number of nitrogens with zero attached hydrogens (tertiary/aromatic N) is 5. The van der Waals surface area contributed by atoms with E-state index < -0.39 is 24.4 Å². The number of carbonyl (C=O) groups is 1. The van der Waals surface area contributed by atoms with Crippen LogP contribution in [0.2, 0.25) is 0 Å². The number of fused-ring (bicyclic) bond motifs is 3. The first-order chi connectivity index (χ1) is 19.3. The Morgan fingerprint density at radius 3 is 2.73 bits per heavy atom. The van der Waals surface area contributed by atoms with Crippen LogP contribution in [0.15, 0.2) is 36.8 Å². The zero-order valence-electron chi connectivity index (χ0n) is 21.0. The van der Waals surface area contributed by atoms with E-state index in [2.05, 4.69) is 20.3 Å². The summed E-state index contributed by atoms with van der Waals surface area (Å²) in [7, 11) is 0. The molecule has 3 aliphatic rings. The van der Waals surface area contributed by atoms with E-state index in [0.717, 1.165) is 5.56 Å². The van der Waals surface area contributed by atoms with Gasteiger partial charge in [-0.1, -0.05) is 6.07 Å². The minimum Gasteiger partial charge on any atom is -0.493 e. The normalized spacial score (nSPS) is 16.7. The second-order valence-electron chi connectivity index (χ2n) is 10.0.